The van der Waals surface area contributed by atoms with Crippen molar-refractivity contribution in [3.63, 3.8) is 0 Å². The molecule has 1 amide bonds. The first-order valence-electron chi connectivity index (χ1n) is 11.5. The van der Waals surface area contributed by atoms with Gasteiger partial charge in [-0.25, -0.2) is 4.79 Å². The minimum Gasteiger partial charge on any atom is -0.352 e. The Morgan fingerprint density at radius 2 is 1.91 bits per heavy atom. The van der Waals surface area contributed by atoms with Crippen LogP contribution in [0.1, 0.15) is 51.2 Å². The number of benzene rings is 1. The molecule has 2 aromatic rings. The second-order valence-corrected chi connectivity index (χ2v) is 10.4. The molecule has 6 nitrogen and oxygen atoms in total. The van der Waals surface area contributed by atoms with Crippen molar-refractivity contribution in [3.8, 4) is 0 Å². The van der Waals surface area contributed by atoms with Crippen LogP contribution in [0.5, 0.6) is 0 Å². The van der Waals surface area contributed by atoms with Crippen molar-refractivity contribution in [3.05, 3.63) is 40.3 Å². The topological polar surface area (TPSA) is 58.4 Å². The summed E-state index contributed by atoms with van der Waals surface area (Å²) in [5, 5.41) is 0.337. The summed E-state index contributed by atoms with van der Waals surface area (Å²) in [5.74, 6) is 0.321. The number of anilines is 1. The number of nitrogens with zero attached hydrogens (tertiary/aromatic N) is 4. The highest BCUT2D eigenvalue weighted by Gasteiger charge is 2.39. The molecule has 1 saturated heterocycles. The number of carbonyl (C=O) groups excluding carboxylic acids is 1. The standard InChI is InChI=1S/C24H29F3N4O2S/c1-6-18(32)31-14(4)11-29(12-15(31)5)22-16-10-17(24(25,26)27)19(13(2)3)21-20(16)30(23(33)28-22)8-7-9-34-21/h6,10,13-15H,1,7-9,11-12H2,2-5H3. The van der Waals surface area contributed by atoms with Gasteiger partial charge in [-0.15, -0.1) is 11.8 Å². The van der Waals surface area contributed by atoms with Gasteiger partial charge in [-0.2, -0.15) is 18.2 Å². The van der Waals surface area contributed by atoms with Crippen LogP contribution in [0, 0.1) is 0 Å². The normalized spacial score (nSPS) is 21.2. The first kappa shape index (κ1) is 24.6. The molecule has 184 valence electrons. The number of hydrogen-bond acceptors (Lipinski definition) is 5. The van der Waals surface area contributed by atoms with Crippen molar-refractivity contribution in [2.24, 2.45) is 0 Å². The number of aromatic nitrogens is 2. The molecule has 10 heteroatoms. The zero-order valence-electron chi connectivity index (χ0n) is 19.8. The third kappa shape index (κ3) is 4.10. The second kappa shape index (κ2) is 8.94. The molecule has 2 atom stereocenters. The molecule has 0 aliphatic carbocycles. The SMILES string of the molecule is C=CC(=O)N1C(C)CN(c2nc(=O)n3c4c(c(C(C)C)c(C(F)(F)F)cc24)SCCC3)CC1C. The van der Waals surface area contributed by atoms with Crippen LogP contribution in [0.3, 0.4) is 0 Å². The Kier molecular flexibility index (Phi) is 6.48. The van der Waals surface area contributed by atoms with Crippen molar-refractivity contribution < 1.29 is 18.0 Å². The smallest absolute Gasteiger partial charge is 0.352 e. The Hall–Kier alpha value is -2.49. The van der Waals surface area contributed by atoms with Crippen LogP contribution in [0.4, 0.5) is 19.0 Å². The number of amides is 1. The average molecular weight is 495 g/mol. The van der Waals surface area contributed by atoms with E-state index in [1.807, 2.05) is 18.7 Å². The number of carbonyl (C=O) groups is 1. The van der Waals surface area contributed by atoms with E-state index in [4.69, 9.17) is 0 Å². The highest BCUT2D eigenvalue weighted by molar-refractivity contribution is 7.99. The molecule has 3 heterocycles. The Labute approximate surface area is 200 Å². The monoisotopic (exact) mass is 494 g/mol. The molecule has 0 bridgehead atoms. The van der Waals surface area contributed by atoms with Gasteiger partial charge in [-0.1, -0.05) is 20.4 Å². The van der Waals surface area contributed by atoms with Crippen LogP contribution in [0.15, 0.2) is 28.4 Å². The van der Waals surface area contributed by atoms with Gasteiger partial charge >= 0.3 is 11.9 Å². The maximum atomic E-state index is 14.3. The summed E-state index contributed by atoms with van der Waals surface area (Å²) in [7, 11) is 0. The summed E-state index contributed by atoms with van der Waals surface area (Å²) >= 11 is 1.39. The molecule has 2 unspecified atom stereocenters. The number of piperazine rings is 1. The van der Waals surface area contributed by atoms with Crippen molar-refractivity contribution in [2.45, 2.75) is 69.7 Å². The van der Waals surface area contributed by atoms with Crippen molar-refractivity contribution in [1.29, 1.82) is 0 Å². The zero-order chi connectivity index (χ0) is 24.9. The fraction of sp³-hybridized carbons (Fsp3) is 0.542. The van der Waals surface area contributed by atoms with E-state index in [2.05, 4.69) is 11.6 Å². The van der Waals surface area contributed by atoms with Crippen molar-refractivity contribution >= 4 is 34.4 Å². The molecule has 0 saturated carbocycles. The Bertz CT molecular complexity index is 1200. The fourth-order valence-electron chi connectivity index (χ4n) is 5.24. The summed E-state index contributed by atoms with van der Waals surface area (Å²) < 4.78 is 44.3. The Morgan fingerprint density at radius 1 is 1.26 bits per heavy atom. The van der Waals surface area contributed by atoms with E-state index in [0.29, 0.717) is 47.6 Å². The van der Waals surface area contributed by atoms with Crippen molar-refractivity contribution in [2.75, 3.05) is 23.7 Å². The van der Waals surface area contributed by atoms with E-state index in [1.54, 1.807) is 18.7 Å². The van der Waals surface area contributed by atoms with Crippen LogP contribution in [0.2, 0.25) is 0 Å². The summed E-state index contributed by atoms with van der Waals surface area (Å²) in [6.45, 7) is 11.9. The highest BCUT2D eigenvalue weighted by Crippen LogP contribution is 2.46. The molecule has 2 aliphatic heterocycles. The van der Waals surface area contributed by atoms with E-state index in [9.17, 15) is 22.8 Å². The Balaban J connectivity index is 1.99. The van der Waals surface area contributed by atoms with Crippen LogP contribution < -0.4 is 10.6 Å². The van der Waals surface area contributed by atoms with Gasteiger partial charge in [0.2, 0.25) is 5.91 Å². The lowest BCUT2D eigenvalue weighted by atomic mass is 9.94. The van der Waals surface area contributed by atoms with Gasteiger partial charge < -0.3 is 9.80 Å². The van der Waals surface area contributed by atoms with Gasteiger partial charge in [0.1, 0.15) is 5.82 Å². The first-order valence-corrected chi connectivity index (χ1v) is 12.4. The molecular formula is C24H29F3N4O2S. The van der Waals surface area contributed by atoms with Crippen LogP contribution in [0.25, 0.3) is 10.9 Å². The second-order valence-electron chi connectivity index (χ2n) is 9.34. The quantitative estimate of drug-likeness (QED) is 0.582. The molecule has 4 rings (SSSR count). The van der Waals surface area contributed by atoms with E-state index in [1.165, 1.54) is 28.5 Å². The average Bonchev–Trinajstić information content (AvgIpc) is 2.98. The molecule has 0 radical (unpaired) electrons. The summed E-state index contributed by atoms with van der Waals surface area (Å²) in [6, 6.07) is 0.722. The zero-order valence-corrected chi connectivity index (χ0v) is 20.6. The highest BCUT2D eigenvalue weighted by atomic mass is 32.2. The molecule has 34 heavy (non-hydrogen) atoms. The number of hydrogen-bond donors (Lipinski definition) is 0. The molecule has 1 aromatic heterocycles. The van der Waals surface area contributed by atoms with Gasteiger partial charge in [-0.05, 0) is 49.6 Å². The molecular weight excluding hydrogens is 465 g/mol. The predicted octanol–water partition coefficient (Wildman–Crippen LogP) is 4.65. The summed E-state index contributed by atoms with van der Waals surface area (Å²) in [5.41, 5.74) is -0.348. The third-order valence-corrected chi connectivity index (χ3v) is 7.73. The molecule has 0 N–H and O–H groups in total. The maximum absolute atomic E-state index is 14.3. The minimum atomic E-state index is -4.54. The molecule has 1 fully saturated rings. The van der Waals surface area contributed by atoms with E-state index in [0.717, 1.165) is 0 Å². The lowest BCUT2D eigenvalue weighted by molar-refractivity contribution is -0.138. The maximum Gasteiger partial charge on any atom is 0.416 e. The number of rotatable bonds is 3. The van der Waals surface area contributed by atoms with Gasteiger partial charge in [0, 0.05) is 42.0 Å². The van der Waals surface area contributed by atoms with Crippen LogP contribution >= 0.6 is 11.8 Å². The van der Waals surface area contributed by atoms with Crippen molar-refractivity contribution in [1.82, 2.24) is 14.5 Å². The van der Waals surface area contributed by atoms with E-state index in [-0.39, 0.29) is 35.3 Å². The number of halogens is 3. The minimum absolute atomic E-state index is 0.196. The van der Waals surface area contributed by atoms with Crippen LogP contribution in [-0.4, -0.2) is 51.3 Å². The lowest BCUT2D eigenvalue weighted by Crippen LogP contribution is -2.58. The molecule has 1 aromatic carbocycles. The largest absolute Gasteiger partial charge is 0.416 e. The summed E-state index contributed by atoms with van der Waals surface area (Å²) in [4.78, 5) is 33.8. The number of thioether (sulfide) groups is 1. The number of alkyl halides is 3. The fourth-order valence-corrected chi connectivity index (χ4v) is 6.58. The predicted molar refractivity (Wildman–Crippen MR) is 129 cm³/mol. The van der Waals surface area contributed by atoms with Gasteiger partial charge in [0.15, 0.2) is 0 Å². The first-order chi connectivity index (χ1) is 16.0. The van der Waals surface area contributed by atoms with Gasteiger partial charge in [0.25, 0.3) is 0 Å². The third-order valence-electron chi connectivity index (χ3n) is 6.54. The van der Waals surface area contributed by atoms with Crippen LogP contribution in [-0.2, 0) is 17.5 Å². The lowest BCUT2D eigenvalue weighted by Gasteiger charge is -2.44. The van der Waals surface area contributed by atoms with E-state index < -0.39 is 17.4 Å². The molecule has 2 aliphatic rings. The van der Waals surface area contributed by atoms with E-state index >= 15 is 0 Å². The van der Waals surface area contributed by atoms with Gasteiger partial charge in [0.05, 0.1) is 11.1 Å². The Morgan fingerprint density at radius 3 is 2.47 bits per heavy atom. The molecule has 0 spiro atoms. The summed E-state index contributed by atoms with van der Waals surface area (Å²) in [6.07, 6.45) is -2.60. The van der Waals surface area contributed by atoms with Gasteiger partial charge in [-0.3, -0.25) is 9.36 Å². The number of aryl methyl sites for hydroxylation is 1.